The highest BCUT2D eigenvalue weighted by atomic mass is 16.6. The average Bonchev–Trinajstić information content (AvgIpc) is 3.28. The van der Waals surface area contributed by atoms with Crippen LogP contribution < -0.4 is 4.74 Å². The molecule has 1 saturated heterocycles. The summed E-state index contributed by atoms with van der Waals surface area (Å²) in [5.74, 6) is -0.972. The van der Waals surface area contributed by atoms with E-state index in [0.29, 0.717) is 29.7 Å². The quantitative estimate of drug-likeness (QED) is 0.487. The average molecular weight is 522 g/mol. The molecule has 3 N–H and O–H groups in total. The largest absolute Gasteiger partial charge is 0.481 e. The molecule has 2 aromatic carbocycles. The molecule has 0 saturated carbocycles. The molecule has 6 rings (SSSR count). The molecule has 200 valence electrons. The first-order valence-electron chi connectivity index (χ1n) is 12.9. The van der Waals surface area contributed by atoms with Gasteiger partial charge < -0.3 is 34.4 Å². The van der Waals surface area contributed by atoms with Crippen LogP contribution in [0.2, 0.25) is 0 Å². The summed E-state index contributed by atoms with van der Waals surface area (Å²) >= 11 is 0. The summed E-state index contributed by atoms with van der Waals surface area (Å²) in [5.41, 5.74) is 0.943. The van der Waals surface area contributed by atoms with E-state index >= 15 is 0 Å². The van der Waals surface area contributed by atoms with Crippen molar-refractivity contribution in [2.24, 2.45) is 0 Å². The maximum absolute atomic E-state index is 13.1. The molecule has 38 heavy (non-hydrogen) atoms. The number of benzene rings is 2. The van der Waals surface area contributed by atoms with Crippen LogP contribution in [-0.2, 0) is 37.5 Å². The second-order valence-electron chi connectivity index (χ2n) is 10.7. The summed E-state index contributed by atoms with van der Waals surface area (Å²) in [6.45, 7) is 1.89. The summed E-state index contributed by atoms with van der Waals surface area (Å²) in [6.07, 6.45) is -0.415. The molecule has 9 heteroatoms. The number of rotatable bonds is 6. The van der Waals surface area contributed by atoms with Gasteiger partial charge in [0.2, 0.25) is 0 Å². The van der Waals surface area contributed by atoms with Crippen LogP contribution in [-0.4, -0.2) is 69.6 Å². The van der Waals surface area contributed by atoms with Crippen molar-refractivity contribution < 1.29 is 39.1 Å². The standard InChI is InChI=1S/C29H31NO8/c1-16(36-27(34)23(32)17-6-4-3-5-7-17)26(33)37-20-10-11-29(35)21-14-18-8-9-19(15-31)24-22(18)28(29,25(20)38-24)12-13-30(21)2/h3-10,16,21,23,25,31-32,35H,11-15H2,1-2H3/t16-,21+,23-,25?,28?,29+/m0/s1. The van der Waals surface area contributed by atoms with Gasteiger partial charge in [0.1, 0.15) is 11.5 Å². The number of hydrogen-bond donors (Lipinski definition) is 3. The Morgan fingerprint density at radius 3 is 2.68 bits per heavy atom. The lowest BCUT2D eigenvalue weighted by atomic mass is 9.50. The van der Waals surface area contributed by atoms with Crippen LogP contribution in [0.4, 0.5) is 0 Å². The van der Waals surface area contributed by atoms with Gasteiger partial charge in [-0.25, -0.2) is 9.59 Å². The second kappa shape index (κ2) is 8.91. The van der Waals surface area contributed by atoms with Crippen molar-refractivity contribution in [3.8, 4) is 5.75 Å². The third-order valence-electron chi connectivity index (χ3n) is 8.81. The molecule has 4 aliphatic rings. The van der Waals surface area contributed by atoms with Crippen LogP contribution in [0.25, 0.3) is 0 Å². The fraction of sp³-hybridized carbons (Fsp3) is 0.448. The topological polar surface area (TPSA) is 126 Å². The first kappa shape index (κ1) is 25.1. The number of ether oxygens (including phenoxy) is 3. The van der Waals surface area contributed by atoms with E-state index in [-0.39, 0.29) is 24.8 Å². The molecule has 2 bridgehead atoms. The predicted octanol–water partition coefficient (Wildman–Crippen LogP) is 1.67. The molecule has 2 unspecified atom stereocenters. The Bertz CT molecular complexity index is 1330. The van der Waals surface area contributed by atoms with Crippen molar-refractivity contribution in [3.05, 3.63) is 76.6 Å². The first-order valence-corrected chi connectivity index (χ1v) is 12.9. The van der Waals surface area contributed by atoms with Crippen molar-refractivity contribution in [3.63, 3.8) is 0 Å². The van der Waals surface area contributed by atoms with Gasteiger partial charge in [-0.3, -0.25) is 0 Å². The van der Waals surface area contributed by atoms with Crippen LogP contribution >= 0.6 is 0 Å². The maximum atomic E-state index is 13.1. The number of carbonyl (C=O) groups excluding carboxylic acids is 2. The molecule has 0 amide bonds. The van der Waals surface area contributed by atoms with Crippen molar-refractivity contribution in [2.45, 2.75) is 68.2 Å². The summed E-state index contributed by atoms with van der Waals surface area (Å²) in [6, 6.07) is 12.0. The zero-order valence-corrected chi connectivity index (χ0v) is 21.3. The minimum absolute atomic E-state index is 0.145. The molecule has 1 spiro atoms. The molecule has 0 radical (unpaired) electrons. The Labute approximate surface area is 220 Å². The third kappa shape index (κ3) is 3.39. The normalized spacial score (nSPS) is 30.4. The molecular formula is C29H31NO8. The van der Waals surface area contributed by atoms with Gasteiger partial charge in [0.25, 0.3) is 0 Å². The number of carbonyl (C=O) groups is 2. The minimum Gasteiger partial charge on any atom is -0.481 e. The van der Waals surface area contributed by atoms with Gasteiger partial charge in [0, 0.05) is 23.6 Å². The number of likely N-dealkylation sites (tertiary alicyclic amines) is 1. The van der Waals surface area contributed by atoms with Gasteiger partial charge in [0.05, 0.1) is 17.6 Å². The lowest BCUT2D eigenvalue weighted by Gasteiger charge is -2.61. The number of piperidine rings is 1. The molecule has 1 fully saturated rings. The zero-order chi connectivity index (χ0) is 26.8. The van der Waals surface area contributed by atoms with Gasteiger partial charge in [0.15, 0.2) is 18.3 Å². The molecular weight excluding hydrogens is 490 g/mol. The molecule has 2 heterocycles. The van der Waals surface area contributed by atoms with Crippen LogP contribution in [0.3, 0.4) is 0 Å². The van der Waals surface area contributed by atoms with Crippen molar-refractivity contribution in [2.75, 3.05) is 13.6 Å². The van der Waals surface area contributed by atoms with E-state index in [4.69, 9.17) is 14.2 Å². The van der Waals surface area contributed by atoms with E-state index in [0.717, 1.165) is 17.7 Å². The van der Waals surface area contributed by atoms with Crippen LogP contribution in [0.15, 0.2) is 54.3 Å². The van der Waals surface area contributed by atoms with Gasteiger partial charge in [-0.15, -0.1) is 0 Å². The summed E-state index contributed by atoms with van der Waals surface area (Å²) < 4.78 is 17.4. The van der Waals surface area contributed by atoms with E-state index in [1.807, 2.05) is 19.2 Å². The van der Waals surface area contributed by atoms with Gasteiger partial charge >= 0.3 is 11.9 Å². The zero-order valence-electron chi connectivity index (χ0n) is 21.3. The van der Waals surface area contributed by atoms with Gasteiger partial charge in [-0.2, -0.15) is 0 Å². The van der Waals surface area contributed by atoms with Crippen LogP contribution in [0.5, 0.6) is 5.75 Å². The fourth-order valence-corrected chi connectivity index (χ4v) is 6.89. The molecule has 0 aromatic heterocycles. The molecule has 9 nitrogen and oxygen atoms in total. The van der Waals surface area contributed by atoms with Crippen molar-refractivity contribution in [1.82, 2.24) is 4.90 Å². The molecule has 6 atom stereocenters. The highest BCUT2D eigenvalue weighted by Gasteiger charge is 2.71. The van der Waals surface area contributed by atoms with Crippen LogP contribution in [0, 0.1) is 0 Å². The van der Waals surface area contributed by atoms with E-state index in [1.165, 1.54) is 6.92 Å². The molecule has 2 aliphatic carbocycles. The first-order chi connectivity index (χ1) is 18.2. The number of aliphatic hydroxyl groups excluding tert-OH is 2. The SMILES string of the molecule is C[C@H](OC(=O)[C@@H](O)c1ccccc1)C(=O)OC1=CC[C@@]2(O)[C@H]3Cc4ccc(CO)c5c4C2(CCN3C)C1O5. The second-order valence-corrected chi connectivity index (χ2v) is 10.7. The predicted molar refractivity (Wildman–Crippen MR) is 134 cm³/mol. The van der Waals surface area contributed by atoms with Crippen molar-refractivity contribution >= 4 is 11.9 Å². The highest BCUT2D eigenvalue weighted by Crippen LogP contribution is 2.64. The number of hydrogen-bond acceptors (Lipinski definition) is 9. The number of esters is 2. The van der Waals surface area contributed by atoms with Crippen molar-refractivity contribution in [1.29, 1.82) is 0 Å². The minimum atomic E-state index is -1.53. The van der Waals surface area contributed by atoms with E-state index in [2.05, 4.69) is 4.90 Å². The number of aliphatic hydroxyl groups is 3. The molecule has 2 aromatic rings. The number of likely N-dealkylation sites (N-methyl/N-ethyl adjacent to an activating group) is 1. The highest BCUT2D eigenvalue weighted by molar-refractivity contribution is 5.82. The molecule has 2 aliphatic heterocycles. The Morgan fingerprint density at radius 1 is 1.18 bits per heavy atom. The Balaban J connectivity index is 1.28. The summed E-state index contributed by atoms with van der Waals surface area (Å²) in [4.78, 5) is 27.7. The maximum Gasteiger partial charge on any atom is 0.352 e. The monoisotopic (exact) mass is 521 g/mol. The number of nitrogens with zero attached hydrogens (tertiary/aromatic N) is 1. The fourth-order valence-electron chi connectivity index (χ4n) is 6.89. The third-order valence-corrected chi connectivity index (χ3v) is 8.81. The lowest BCUT2D eigenvalue weighted by Crippen LogP contribution is -2.74. The Hall–Kier alpha value is -3.24. The van der Waals surface area contributed by atoms with E-state index in [1.54, 1.807) is 36.4 Å². The smallest absolute Gasteiger partial charge is 0.352 e. The van der Waals surface area contributed by atoms with Gasteiger partial charge in [-0.1, -0.05) is 42.5 Å². The van der Waals surface area contributed by atoms with E-state index < -0.39 is 41.3 Å². The lowest BCUT2D eigenvalue weighted by molar-refractivity contribution is -0.178. The van der Waals surface area contributed by atoms with E-state index in [9.17, 15) is 24.9 Å². The summed E-state index contributed by atoms with van der Waals surface area (Å²) in [5, 5.41) is 32.6. The van der Waals surface area contributed by atoms with Crippen LogP contribution in [0.1, 0.15) is 48.1 Å². The summed E-state index contributed by atoms with van der Waals surface area (Å²) in [7, 11) is 2.01. The van der Waals surface area contributed by atoms with Gasteiger partial charge in [-0.05, 0) is 50.6 Å². The Kier molecular flexibility index (Phi) is 5.88. The Morgan fingerprint density at radius 2 is 1.95 bits per heavy atom.